The number of hydrogen-bond acceptors (Lipinski definition) is 2. The van der Waals surface area contributed by atoms with Crippen molar-refractivity contribution in [3.05, 3.63) is 29.6 Å². The van der Waals surface area contributed by atoms with Gasteiger partial charge in [-0.1, -0.05) is 20.8 Å². The number of rotatable bonds is 4. The number of nitrogens with one attached hydrogen (secondary N) is 1. The van der Waals surface area contributed by atoms with Crippen LogP contribution in [-0.2, 0) is 16.6 Å². The Morgan fingerprint density at radius 2 is 2.21 bits per heavy atom. The van der Waals surface area contributed by atoms with E-state index in [1.54, 1.807) is 0 Å². The van der Waals surface area contributed by atoms with E-state index in [1.807, 2.05) is 6.20 Å². The first-order chi connectivity index (χ1) is 9.10. The van der Waals surface area contributed by atoms with Gasteiger partial charge in [-0.2, -0.15) is 0 Å². The molecule has 3 heterocycles. The Labute approximate surface area is 114 Å². The Morgan fingerprint density at radius 3 is 2.84 bits per heavy atom. The molecular formula is C16H22N2O. The Bertz CT molecular complexity index is 581. The fraction of sp³-hybridized carbons (Fsp3) is 0.562. The molecule has 0 atom stereocenters. The number of aromatic amines is 1. The predicted octanol–water partition coefficient (Wildman–Crippen LogP) is 3.44. The van der Waals surface area contributed by atoms with Gasteiger partial charge in [0.05, 0.1) is 13.2 Å². The summed E-state index contributed by atoms with van der Waals surface area (Å²) >= 11 is 0. The second-order valence-electron chi connectivity index (χ2n) is 6.24. The first-order valence-corrected chi connectivity index (χ1v) is 7.15. The van der Waals surface area contributed by atoms with E-state index in [1.165, 1.54) is 16.6 Å². The summed E-state index contributed by atoms with van der Waals surface area (Å²) < 4.78 is 5.30. The van der Waals surface area contributed by atoms with E-state index in [2.05, 4.69) is 37.9 Å². The molecule has 0 spiro atoms. The van der Waals surface area contributed by atoms with Gasteiger partial charge in [0.15, 0.2) is 0 Å². The molecule has 3 nitrogen and oxygen atoms in total. The molecule has 0 radical (unpaired) electrons. The van der Waals surface area contributed by atoms with Crippen LogP contribution in [0.2, 0.25) is 0 Å². The molecule has 0 aromatic carbocycles. The quantitative estimate of drug-likeness (QED) is 0.912. The summed E-state index contributed by atoms with van der Waals surface area (Å²) in [4.78, 5) is 8.08. The minimum atomic E-state index is 0.179. The van der Waals surface area contributed by atoms with E-state index in [9.17, 15) is 0 Å². The summed E-state index contributed by atoms with van der Waals surface area (Å²) in [6.45, 7) is 8.64. The molecule has 1 aliphatic rings. The summed E-state index contributed by atoms with van der Waals surface area (Å²) in [5.74, 6) is 0.645. The molecule has 3 heteroatoms. The second-order valence-corrected chi connectivity index (χ2v) is 6.24. The zero-order valence-electron chi connectivity index (χ0n) is 12.0. The molecule has 0 bridgehead atoms. The van der Waals surface area contributed by atoms with Crippen molar-refractivity contribution < 1.29 is 4.74 Å². The van der Waals surface area contributed by atoms with Crippen LogP contribution in [0.1, 0.15) is 38.4 Å². The number of H-pyrrole nitrogens is 1. The molecule has 1 fully saturated rings. The topological polar surface area (TPSA) is 37.9 Å². The lowest BCUT2D eigenvalue weighted by atomic mass is 9.79. The van der Waals surface area contributed by atoms with E-state index in [0.29, 0.717) is 5.92 Å². The third-order valence-corrected chi connectivity index (χ3v) is 4.42. The molecule has 0 saturated carbocycles. The summed E-state index contributed by atoms with van der Waals surface area (Å²) in [6.07, 6.45) is 4.13. The molecular weight excluding hydrogens is 236 g/mol. The summed E-state index contributed by atoms with van der Waals surface area (Å²) in [7, 11) is 0. The normalized spacial score (nSPS) is 16.8. The molecule has 0 unspecified atom stereocenters. The maximum atomic E-state index is 5.30. The Hall–Kier alpha value is -1.35. The molecule has 19 heavy (non-hydrogen) atoms. The van der Waals surface area contributed by atoms with Crippen molar-refractivity contribution in [2.45, 2.75) is 39.0 Å². The first-order valence-electron chi connectivity index (χ1n) is 7.15. The van der Waals surface area contributed by atoms with Crippen LogP contribution in [0.3, 0.4) is 0 Å². The van der Waals surface area contributed by atoms with Crippen molar-refractivity contribution in [1.82, 2.24) is 9.97 Å². The van der Waals surface area contributed by atoms with Crippen LogP contribution in [0.25, 0.3) is 11.0 Å². The van der Waals surface area contributed by atoms with Gasteiger partial charge in [0.1, 0.15) is 5.65 Å². The van der Waals surface area contributed by atoms with Gasteiger partial charge in [0.25, 0.3) is 0 Å². The van der Waals surface area contributed by atoms with E-state index in [0.717, 1.165) is 31.7 Å². The van der Waals surface area contributed by atoms with E-state index in [-0.39, 0.29) is 5.41 Å². The summed E-state index contributed by atoms with van der Waals surface area (Å²) in [6, 6.07) is 4.42. The van der Waals surface area contributed by atoms with Gasteiger partial charge in [-0.3, -0.25) is 0 Å². The smallest absolute Gasteiger partial charge is 0.137 e. The van der Waals surface area contributed by atoms with Gasteiger partial charge in [-0.05, 0) is 36.0 Å². The highest BCUT2D eigenvalue weighted by atomic mass is 16.5. The summed E-state index contributed by atoms with van der Waals surface area (Å²) in [5.41, 5.74) is 3.83. The van der Waals surface area contributed by atoms with E-state index < -0.39 is 0 Å². The Morgan fingerprint density at radius 1 is 1.42 bits per heavy atom. The van der Waals surface area contributed by atoms with Gasteiger partial charge in [-0.25, -0.2) is 4.98 Å². The lowest BCUT2D eigenvalue weighted by molar-refractivity contribution is -0.0317. The van der Waals surface area contributed by atoms with Crippen LogP contribution in [0, 0.1) is 5.92 Å². The van der Waals surface area contributed by atoms with Gasteiger partial charge >= 0.3 is 0 Å². The number of pyridine rings is 1. The lowest BCUT2D eigenvalue weighted by Crippen LogP contribution is -2.31. The molecule has 2 aromatic heterocycles. The Balaban J connectivity index is 2.06. The highest BCUT2D eigenvalue weighted by Crippen LogP contribution is 2.33. The number of hydrogen-bond donors (Lipinski definition) is 1. The summed E-state index contributed by atoms with van der Waals surface area (Å²) in [5, 5.41) is 1.21. The molecule has 0 amide bonds. The van der Waals surface area contributed by atoms with Crippen molar-refractivity contribution in [3.63, 3.8) is 0 Å². The molecule has 102 valence electrons. The van der Waals surface area contributed by atoms with E-state index in [4.69, 9.17) is 9.72 Å². The fourth-order valence-corrected chi connectivity index (χ4v) is 2.63. The maximum absolute atomic E-state index is 5.30. The number of aromatic nitrogens is 2. The minimum absolute atomic E-state index is 0.179. The van der Waals surface area contributed by atoms with Crippen molar-refractivity contribution in [2.24, 2.45) is 5.92 Å². The van der Waals surface area contributed by atoms with E-state index >= 15 is 0 Å². The van der Waals surface area contributed by atoms with Crippen LogP contribution in [0.5, 0.6) is 0 Å². The molecule has 3 rings (SSSR count). The third-order valence-electron chi connectivity index (χ3n) is 4.42. The first kappa shape index (κ1) is 12.7. The molecule has 2 aromatic rings. The van der Waals surface area contributed by atoms with Crippen LogP contribution in [0.4, 0.5) is 0 Å². The minimum Gasteiger partial charge on any atom is -0.381 e. The maximum Gasteiger partial charge on any atom is 0.137 e. The average Bonchev–Trinajstić information content (AvgIpc) is 2.79. The highest BCUT2D eigenvalue weighted by Gasteiger charge is 2.27. The van der Waals surface area contributed by atoms with Crippen LogP contribution < -0.4 is 0 Å². The number of fused-ring (bicyclic) bond motifs is 1. The molecule has 1 aliphatic heterocycles. The van der Waals surface area contributed by atoms with Crippen molar-refractivity contribution in [2.75, 3.05) is 13.2 Å². The van der Waals surface area contributed by atoms with Gasteiger partial charge in [-0.15, -0.1) is 0 Å². The zero-order valence-corrected chi connectivity index (χ0v) is 12.0. The number of ether oxygens (including phenoxy) is 1. The van der Waals surface area contributed by atoms with Crippen LogP contribution >= 0.6 is 0 Å². The van der Waals surface area contributed by atoms with Crippen LogP contribution in [0.15, 0.2) is 18.3 Å². The average molecular weight is 258 g/mol. The van der Waals surface area contributed by atoms with Crippen molar-refractivity contribution in [3.8, 4) is 0 Å². The van der Waals surface area contributed by atoms with Gasteiger partial charge in [0.2, 0.25) is 0 Å². The fourth-order valence-electron chi connectivity index (χ4n) is 2.63. The third kappa shape index (κ3) is 2.27. The standard InChI is InChI=1S/C16H22N2O/c1-4-16(2,3)13-8-12-5-6-17-15(12)18-14(13)7-11-9-19-10-11/h5-6,8,11H,4,7,9-10H2,1-3H3,(H,17,18). The molecule has 1 N–H and O–H groups in total. The lowest BCUT2D eigenvalue weighted by Gasteiger charge is -2.30. The SMILES string of the molecule is CCC(C)(C)c1cc2cc[nH]c2nc1CC1COC1. The van der Waals surface area contributed by atoms with Gasteiger partial charge < -0.3 is 9.72 Å². The zero-order chi connectivity index (χ0) is 13.5. The van der Waals surface area contributed by atoms with Gasteiger partial charge in [0, 0.05) is 23.2 Å². The monoisotopic (exact) mass is 258 g/mol. The highest BCUT2D eigenvalue weighted by molar-refractivity contribution is 5.76. The second kappa shape index (κ2) is 4.64. The molecule has 1 saturated heterocycles. The van der Waals surface area contributed by atoms with Crippen molar-refractivity contribution >= 4 is 11.0 Å². The Kier molecular flexibility index (Phi) is 3.09. The predicted molar refractivity (Wildman–Crippen MR) is 77.4 cm³/mol. The van der Waals surface area contributed by atoms with Crippen LogP contribution in [-0.4, -0.2) is 23.2 Å². The molecule has 0 aliphatic carbocycles. The largest absolute Gasteiger partial charge is 0.381 e. The number of nitrogens with zero attached hydrogens (tertiary/aromatic N) is 1. The van der Waals surface area contributed by atoms with Crippen molar-refractivity contribution in [1.29, 1.82) is 0 Å².